The fourth-order valence-electron chi connectivity index (χ4n) is 1.87. The second-order valence-electron chi connectivity index (χ2n) is 4.38. The molecule has 0 spiro atoms. The zero-order chi connectivity index (χ0) is 15.1. The number of nitrogens with two attached hydrogens (primary N) is 1. The first-order valence-corrected chi connectivity index (χ1v) is 7.42. The number of carbonyl (C=O) groups excluding carboxylic acids is 2. The third kappa shape index (κ3) is 2.62. The number of nitrogen functional groups attached to an aromatic ring is 1. The number of nitrogens with one attached hydrogen (secondary N) is 1. The SMILES string of the molecule is Cc1cc(Cl)c(N)cc1S(=O)(=O)N1CC(=O)NC(=O)C1. The van der Waals surface area contributed by atoms with Gasteiger partial charge in [0.1, 0.15) is 0 Å². The summed E-state index contributed by atoms with van der Waals surface area (Å²) in [6.07, 6.45) is 0. The first kappa shape index (κ1) is 14.8. The van der Waals surface area contributed by atoms with E-state index in [-0.39, 0.29) is 15.6 Å². The van der Waals surface area contributed by atoms with Crippen LogP contribution >= 0.6 is 11.6 Å². The zero-order valence-electron chi connectivity index (χ0n) is 10.5. The Morgan fingerprint density at radius 3 is 2.35 bits per heavy atom. The summed E-state index contributed by atoms with van der Waals surface area (Å²) in [6, 6.07) is 2.65. The Hall–Kier alpha value is -1.64. The van der Waals surface area contributed by atoms with Crippen LogP contribution in [0, 0.1) is 6.92 Å². The predicted octanol–water partition coefficient (Wildman–Crippen LogP) is -0.122. The Kier molecular flexibility index (Phi) is 3.72. The van der Waals surface area contributed by atoms with Gasteiger partial charge in [-0.3, -0.25) is 14.9 Å². The summed E-state index contributed by atoms with van der Waals surface area (Å²) in [5.41, 5.74) is 6.12. The molecule has 1 aliphatic heterocycles. The number of hydrogen-bond donors (Lipinski definition) is 2. The fraction of sp³-hybridized carbons (Fsp3) is 0.273. The number of hydrogen-bond acceptors (Lipinski definition) is 5. The summed E-state index contributed by atoms with van der Waals surface area (Å²) in [5.74, 6) is -1.33. The highest BCUT2D eigenvalue weighted by Crippen LogP contribution is 2.28. The minimum absolute atomic E-state index is 0.0677. The number of anilines is 1. The van der Waals surface area contributed by atoms with Crippen LogP contribution in [-0.2, 0) is 19.6 Å². The molecule has 0 aliphatic carbocycles. The summed E-state index contributed by atoms with van der Waals surface area (Å²) in [4.78, 5) is 22.5. The van der Waals surface area contributed by atoms with Crippen LogP contribution in [0.3, 0.4) is 0 Å². The lowest BCUT2D eigenvalue weighted by atomic mass is 10.2. The van der Waals surface area contributed by atoms with E-state index in [2.05, 4.69) is 0 Å². The molecule has 1 aromatic rings. The molecule has 0 bridgehead atoms. The Balaban J connectivity index is 2.47. The van der Waals surface area contributed by atoms with Gasteiger partial charge in [0.25, 0.3) is 0 Å². The van der Waals surface area contributed by atoms with Crippen LogP contribution in [0.4, 0.5) is 5.69 Å². The van der Waals surface area contributed by atoms with Crippen molar-refractivity contribution in [2.24, 2.45) is 0 Å². The van der Waals surface area contributed by atoms with Crippen molar-refractivity contribution in [3.05, 3.63) is 22.7 Å². The van der Waals surface area contributed by atoms with Crippen LogP contribution in [0.2, 0.25) is 5.02 Å². The summed E-state index contributed by atoms with van der Waals surface area (Å²) in [5, 5.41) is 2.28. The first-order chi connectivity index (χ1) is 9.21. The molecule has 108 valence electrons. The van der Waals surface area contributed by atoms with Crippen LogP contribution in [0.1, 0.15) is 5.56 Å². The van der Waals surface area contributed by atoms with Crippen molar-refractivity contribution in [2.75, 3.05) is 18.8 Å². The molecular formula is C11H12ClN3O4S. The highest BCUT2D eigenvalue weighted by Gasteiger charge is 2.34. The third-order valence-corrected chi connectivity index (χ3v) is 5.09. The number of aryl methyl sites for hydroxylation is 1. The maximum atomic E-state index is 12.5. The summed E-state index contributed by atoms with van der Waals surface area (Å²) < 4.78 is 25.7. The van der Waals surface area contributed by atoms with Gasteiger partial charge in [-0.1, -0.05) is 11.6 Å². The Bertz CT molecular complexity index is 686. The number of sulfonamides is 1. The number of imide groups is 1. The number of rotatable bonds is 2. The molecule has 20 heavy (non-hydrogen) atoms. The van der Waals surface area contributed by atoms with E-state index in [9.17, 15) is 18.0 Å². The number of nitrogens with zero attached hydrogens (tertiary/aromatic N) is 1. The number of amides is 2. The van der Waals surface area contributed by atoms with E-state index >= 15 is 0 Å². The van der Waals surface area contributed by atoms with Gasteiger partial charge in [-0.15, -0.1) is 0 Å². The van der Waals surface area contributed by atoms with Gasteiger partial charge in [-0.25, -0.2) is 8.42 Å². The molecule has 1 heterocycles. The lowest BCUT2D eigenvalue weighted by molar-refractivity contribution is -0.134. The van der Waals surface area contributed by atoms with Crippen LogP contribution in [0.5, 0.6) is 0 Å². The van der Waals surface area contributed by atoms with Gasteiger partial charge in [0.15, 0.2) is 0 Å². The lowest BCUT2D eigenvalue weighted by Gasteiger charge is -2.25. The van der Waals surface area contributed by atoms with E-state index in [1.165, 1.54) is 12.1 Å². The van der Waals surface area contributed by atoms with Crippen LogP contribution in [0.15, 0.2) is 17.0 Å². The molecule has 1 saturated heterocycles. The third-order valence-electron chi connectivity index (χ3n) is 2.83. The molecule has 0 aromatic heterocycles. The van der Waals surface area contributed by atoms with Crippen molar-refractivity contribution >= 4 is 39.1 Å². The molecule has 1 fully saturated rings. The van der Waals surface area contributed by atoms with Crippen molar-refractivity contribution in [1.82, 2.24) is 9.62 Å². The molecular weight excluding hydrogens is 306 g/mol. The maximum absolute atomic E-state index is 12.5. The maximum Gasteiger partial charge on any atom is 0.244 e. The summed E-state index contributed by atoms with van der Waals surface area (Å²) in [6.45, 7) is 0.746. The molecule has 9 heteroatoms. The molecule has 1 aromatic carbocycles. The minimum Gasteiger partial charge on any atom is -0.397 e. The van der Waals surface area contributed by atoms with Gasteiger partial charge in [0, 0.05) is 0 Å². The highest BCUT2D eigenvalue weighted by atomic mass is 35.5. The number of piperazine rings is 1. The molecule has 7 nitrogen and oxygen atoms in total. The van der Waals surface area contributed by atoms with Crippen LogP contribution < -0.4 is 11.1 Å². The topological polar surface area (TPSA) is 110 Å². The van der Waals surface area contributed by atoms with Gasteiger partial charge in [-0.05, 0) is 24.6 Å². The van der Waals surface area contributed by atoms with Crippen molar-refractivity contribution in [2.45, 2.75) is 11.8 Å². The smallest absolute Gasteiger partial charge is 0.244 e. The van der Waals surface area contributed by atoms with Crippen molar-refractivity contribution in [3.8, 4) is 0 Å². The van der Waals surface area contributed by atoms with Gasteiger partial charge in [0.05, 0.1) is 28.7 Å². The minimum atomic E-state index is -3.98. The summed E-state index contributed by atoms with van der Waals surface area (Å²) >= 11 is 5.82. The van der Waals surface area contributed by atoms with Gasteiger partial charge >= 0.3 is 0 Å². The predicted molar refractivity (Wildman–Crippen MR) is 72.5 cm³/mol. The van der Waals surface area contributed by atoms with Crippen molar-refractivity contribution < 1.29 is 18.0 Å². The lowest BCUT2D eigenvalue weighted by Crippen LogP contribution is -2.53. The Morgan fingerprint density at radius 2 is 1.80 bits per heavy atom. The number of halogens is 1. The fourth-order valence-corrected chi connectivity index (χ4v) is 3.68. The molecule has 2 rings (SSSR count). The average Bonchev–Trinajstić information content (AvgIpc) is 2.32. The van der Waals surface area contributed by atoms with E-state index in [0.717, 1.165) is 4.31 Å². The van der Waals surface area contributed by atoms with Crippen molar-refractivity contribution in [3.63, 3.8) is 0 Å². The standard InChI is InChI=1S/C11H12ClN3O4S/c1-6-2-7(12)8(13)3-9(6)20(18,19)15-4-10(16)14-11(17)5-15/h2-3H,4-5,13H2,1H3,(H,14,16,17). The molecule has 1 aliphatic rings. The molecule has 3 N–H and O–H groups in total. The van der Waals surface area contributed by atoms with Gasteiger partial charge in [-0.2, -0.15) is 4.31 Å². The van der Waals surface area contributed by atoms with Gasteiger partial charge < -0.3 is 5.73 Å². The highest BCUT2D eigenvalue weighted by molar-refractivity contribution is 7.89. The van der Waals surface area contributed by atoms with Crippen LogP contribution in [-0.4, -0.2) is 37.6 Å². The normalized spacial score (nSPS) is 17.1. The van der Waals surface area contributed by atoms with Gasteiger partial charge in [0.2, 0.25) is 21.8 Å². The van der Waals surface area contributed by atoms with E-state index in [1.807, 2.05) is 5.32 Å². The quantitative estimate of drug-likeness (QED) is 0.583. The molecule has 0 saturated carbocycles. The second kappa shape index (κ2) is 5.04. The van der Waals surface area contributed by atoms with Crippen LogP contribution in [0.25, 0.3) is 0 Å². The molecule has 0 atom stereocenters. The molecule has 0 unspecified atom stereocenters. The van der Waals surface area contributed by atoms with E-state index < -0.39 is 34.9 Å². The van der Waals surface area contributed by atoms with Crippen molar-refractivity contribution in [1.29, 1.82) is 0 Å². The van der Waals surface area contributed by atoms with E-state index in [0.29, 0.717) is 5.56 Å². The second-order valence-corrected chi connectivity index (χ2v) is 6.70. The van der Waals surface area contributed by atoms with E-state index in [4.69, 9.17) is 17.3 Å². The average molecular weight is 318 g/mol. The Labute approximate surface area is 120 Å². The monoisotopic (exact) mass is 317 g/mol. The Morgan fingerprint density at radius 1 is 1.25 bits per heavy atom. The molecule has 0 radical (unpaired) electrons. The van der Waals surface area contributed by atoms with E-state index in [1.54, 1.807) is 6.92 Å². The first-order valence-electron chi connectivity index (χ1n) is 5.60. The molecule has 2 amide bonds. The summed E-state index contributed by atoms with van der Waals surface area (Å²) in [7, 11) is -3.98. The largest absolute Gasteiger partial charge is 0.397 e. The zero-order valence-corrected chi connectivity index (χ0v) is 12.1. The number of carbonyl (C=O) groups is 2. The number of benzene rings is 1.